The summed E-state index contributed by atoms with van der Waals surface area (Å²) in [6.07, 6.45) is 4.57. The Morgan fingerprint density at radius 3 is 2.90 bits per heavy atom. The van der Waals surface area contributed by atoms with Gasteiger partial charge in [0.25, 0.3) is 0 Å². The molecule has 0 radical (unpaired) electrons. The second-order valence-electron chi connectivity index (χ2n) is 6.81. The summed E-state index contributed by atoms with van der Waals surface area (Å²) in [6, 6.07) is 13.2. The summed E-state index contributed by atoms with van der Waals surface area (Å²) >= 11 is 0. The zero-order valence-electron chi connectivity index (χ0n) is 17.2. The Bertz CT molecular complexity index is 1110. The van der Waals surface area contributed by atoms with Gasteiger partial charge in [-0.2, -0.15) is 0 Å². The number of nitrogen functional groups attached to an aromatic ring is 1. The number of carbonyl (C=O) groups excluding carboxylic acids is 1. The molecule has 3 aromatic rings. The highest BCUT2D eigenvalue weighted by Crippen LogP contribution is 2.23. The number of hydrogen-bond donors (Lipinski definition) is 4. The summed E-state index contributed by atoms with van der Waals surface area (Å²) in [4.78, 5) is 19.7. The highest BCUT2D eigenvalue weighted by Gasteiger charge is 2.12. The molecule has 2 aromatic heterocycles. The van der Waals surface area contributed by atoms with Gasteiger partial charge in [0.05, 0.1) is 23.4 Å². The van der Waals surface area contributed by atoms with E-state index in [0.29, 0.717) is 35.9 Å². The van der Waals surface area contributed by atoms with Crippen LogP contribution in [0.25, 0.3) is 16.5 Å². The molecule has 0 fully saturated rings. The van der Waals surface area contributed by atoms with E-state index in [1.54, 1.807) is 24.5 Å². The molecule has 0 aliphatic carbocycles. The van der Waals surface area contributed by atoms with Crippen molar-refractivity contribution in [3.8, 4) is 0 Å². The molecule has 0 atom stereocenters. The molecule has 9 heteroatoms. The molecule has 9 nitrogen and oxygen atoms in total. The summed E-state index contributed by atoms with van der Waals surface area (Å²) in [5.74, 6) is 6.36. The Balaban J connectivity index is 1.75. The lowest BCUT2D eigenvalue weighted by molar-refractivity contribution is -0.140. The van der Waals surface area contributed by atoms with Crippen molar-refractivity contribution >= 4 is 40.2 Å². The van der Waals surface area contributed by atoms with Crippen molar-refractivity contribution in [3.05, 3.63) is 66.1 Å². The first-order chi connectivity index (χ1) is 15.0. The van der Waals surface area contributed by atoms with Gasteiger partial charge in [-0.15, -0.1) is 0 Å². The molecular formula is C22H25N7O2. The van der Waals surface area contributed by atoms with Crippen LogP contribution in [0.4, 0.5) is 11.5 Å². The lowest BCUT2D eigenvalue weighted by Crippen LogP contribution is -2.32. The molecule has 31 heavy (non-hydrogen) atoms. The van der Waals surface area contributed by atoms with Crippen molar-refractivity contribution in [2.24, 2.45) is 5.84 Å². The van der Waals surface area contributed by atoms with Gasteiger partial charge in [-0.1, -0.05) is 12.1 Å². The summed E-state index contributed by atoms with van der Waals surface area (Å²) < 4.78 is 4.87. The number of anilines is 2. The number of pyridine rings is 2. The third-order valence-corrected chi connectivity index (χ3v) is 4.46. The highest BCUT2D eigenvalue weighted by atomic mass is 16.5. The van der Waals surface area contributed by atoms with E-state index in [4.69, 9.17) is 21.7 Å². The zero-order chi connectivity index (χ0) is 22.2. The molecule has 0 spiro atoms. The number of benzene rings is 1. The van der Waals surface area contributed by atoms with Gasteiger partial charge in [0, 0.05) is 43.0 Å². The number of nitrogens with one attached hydrogen (secondary N) is 2. The number of rotatable bonds is 9. The van der Waals surface area contributed by atoms with Gasteiger partial charge in [0.2, 0.25) is 0 Å². The number of nitrogens with two attached hydrogens (primary N) is 2. The summed E-state index contributed by atoms with van der Waals surface area (Å²) in [5, 5.41) is 13.2. The lowest BCUT2D eigenvalue weighted by Gasteiger charge is -2.20. The molecule has 0 aliphatic rings. The van der Waals surface area contributed by atoms with Gasteiger partial charge in [0.1, 0.15) is 6.61 Å². The molecule has 2 heterocycles. The third kappa shape index (κ3) is 5.77. The first kappa shape index (κ1) is 21.7. The Kier molecular flexibility index (Phi) is 7.13. The van der Waals surface area contributed by atoms with E-state index in [9.17, 15) is 4.79 Å². The number of carbonyl (C=O) groups is 1. The average molecular weight is 419 g/mol. The minimum absolute atomic E-state index is 0.232. The normalized spacial score (nSPS) is 11.2. The van der Waals surface area contributed by atoms with Crippen molar-refractivity contribution in [2.45, 2.75) is 13.5 Å². The SMILES string of the molecule is CC(=O)OCCN/C=C(\C=N)c1ccc(N)c(N(N)Cc2ccc3ncccc3c2)n1. The highest BCUT2D eigenvalue weighted by molar-refractivity contribution is 6.07. The third-order valence-electron chi connectivity index (χ3n) is 4.46. The number of hydrogen-bond acceptors (Lipinski definition) is 9. The average Bonchev–Trinajstić information content (AvgIpc) is 2.76. The second kappa shape index (κ2) is 10.2. The maximum absolute atomic E-state index is 10.8. The van der Waals surface area contributed by atoms with E-state index >= 15 is 0 Å². The van der Waals surface area contributed by atoms with Crippen LogP contribution in [0.15, 0.2) is 54.9 Å². The van der Waals surface area contributed by atoms with Gasteiger partial charge in [-0.05, 0) is 35.9 Å². The fraction of sp³-hybridized carbons (Fsp3) is 0.182. The molecule has 160 valence electrons. The van der Waals surface area contributed by atoms with Crippen LogP contribution in [-0.2, 0) is 16.1 Å². The van der Waals surface area contributed by atoms with E-state index in [1.165, 1.54) is 18.1 Å². The van der Waals surface area contributed by atoms with E-state index < -0.39 is 0 Å². The van der Waals surface area contributed by atoms with Crippen LogP contribution in [0, 0.1) is 5.41 Å². The summed E-state index contributed by atoms with van der Waals surface area (Å²) in [5.41, 5.74) is 9.52. The van der Waals surface area contributed by atoms with E-state index in [0.717, 1.165) is 16.5 Å². The monoisotopic (exact) mass is 419 g/mol. The molecule has 0 amide bonds. The predicted molar refractivity (Wildman–Crippen MR) is 122 cm³/mol. The molecule has 6 N–H and O–H groups in total. The fourth-order valence-corrected chi connectivity index (χ4v) is 2.97. The second-order valence-corrected chi connectivity index (χ2v) is 6.81. The minimum Gasteiger partial charge on any atom is -0.464 e. The van der Waals surface area contributed by atoms with Crippen molar-refractivity contribution in [1.29, 1.82) is 5.41 Å². The van der Waals surface area contributed by atoms with Crippen LogP contribution in [-0.4, -0.2) is 35.3 Å². The smallest absolute Gasteiger partial charge is 0.302 e. The summed E-state index contributed by atoms with van der Waals surface area (Å²) in [7, 11) is 0. The fourth-order valence-electron chi connectivity index (χ4n) is 2.97. The number of esters is 1. The Morgan fingerprint density at radius 1 is 1.29 bits per heavy atom. The van der Waals surface area contributed by atoms with Gasteiger partial charge in [-0.3, -0.25) is 14.8 Å². The van der Waals surface area contributed by atoms with Crippen molar-refractivity contribution in [3.63, 3.8) is 0 Å². The lowest BCUT2D eigenvalue weighted by atomic mass is 10.1. The number of aromatic nitrogens is 2. The van der Waals surface area contributed by atoms with E-state index in [-0.39, 0.29) is 12.6 Å². The Morgan fingerprint density at radius 2 is 2.13 bits per heavy atom. The Labute approximate surface area is 180 Å². The first-order valence-corrected chi connectivity index (χ1v) is 9.68. The van der Waals surface area contributed by atoms with Crippen LogP contribution in [0.1, 0.15) is 18.2 Å². The van der Waals surface area contributed by atoms with Crippen LogP contribution in [0.5, 0.6) is 0 Å². The number of ether oxygens (including phenoxy) is 1. The molecule has 1 aromatic carbocycles. The van der Waals surface area contributed by atoms with E-state index in [2.05, 4.69) is 15.3 Å². The topological polar surface area (TPSA) is 143 Å². The molecule has 0 saturated heterocycles. The van der Waals surface area contributed by atoms with Crippen LogP contribution in [0.2, 0.25) is 0 Å². The molecule has 0 unspecified atom stereocenters. The predicted octanol–water partition coefficient (Wildman–Crippen LogP) is 2.24. The van der Waals surface area contributed by atoms with Crippen LogP contribution < -0.4 is 21.9 Å². The number of nitrogens with zero attached hydrogens (tertiary/aromatic N) is 3. The number of allylic oxidation sites excluding steroid dienone is 1. The molecule has 0 saturated carbocycles. The van der Waals surface area contributed by atoms with Gasteiger partial charge < -0.3 is 21.2 Å². The van der Waals surface area contributed by atoms with Gasteiger partial charge in [-0.25, -0.2) is 10.8 Å². The molecule has 0 aliphatic heterocycles. The van der Waals surface area contributed by atoms with Crippen molar-refractivity contribution in [1.82, 2.24) is 15.3 Å². The van der Waals surface area contributed by atoms with Gasteiger partial charge >= 0.3 is 5.97 Å². The van der Waals surface area contributed by atoms with Crippen molar-refractivity contribution < 1.29 is 9.53 Å². The first-order valence-electron chi connectivity index (χ1n) is 9.68. The molecule has 0 bridgehead atoms. The maximum atomic E-state index is 10.8. The van der Waals surface area contributed by atoms with Crippen molar-refractivity contribution in [2.75, 3.05) is 23.9 Å². The quantitative estimate of drug-likeness (QED) is 0.136. The maximum Gasteiger partial charge on any atom is 0.302 e. The van der Waals surface area contributed by atoms with Gasteiger partial charge in [0.15, 0.2) is 5.82 Å². The largest absolute Gasteiger partial charge is 0.464 e. The summed E-state index contributed by atoms with van der Waals surface area (Å²) in [6.45, 7) is 2.40. The van der Waals surface area contributed by atoms with E-state index in [1.807, 2.05) is 30.3 Å². The minimum atomic E-state index is -0.339. The molecular weight excluding hydrogens is 394 g/mol. The van der Waals surface area contributed by atoms with Crippen LogP contribution in [0.3, 0.4) is 0 Å². The number of hydrazine groups is 1. The Hall–Kier alpha value is -3.98. The zero-order valence-corrected chi connectivity index (χ0v) is 17.2. The standard InChI is InChI=1S/C22H25N7O2/c1-15(30)31-10-9-26-13-18(12-23)21-7-5-19(24)22(28-21)29(25)14-16-4-6-20-17(11-16)3-2-8-27-20/h2-8,11-13,23,26H,9-10,14,24-25H2,1H3/b18-13+,23-12?. The van der Waals surface area contributed by atoms with Crippen LogP contribution >= 0.6 is 0 Å². The molecule has 3 rings (SSSR count). The number of fused-ring (bicyclic) bond motifs is 1.